The first kappa shape index (κ1) is 21.7. The van der Waals surface area contributed by atoms with Gasteiger partial charge in [0.2, 0.25) is 5.91 Å². The number of hydrogen-bond donors (Lipinski definition) is 1. The van der Waals surface area contributed by atoms with Crippen molar-refractivity contribution < 1.29 is 13.7 Å². The van der Waals surface area contributed by atoms with Gasteiger partial charge in [0.25, 0.3) is 0 Å². The van der Waals surface area contributed by atoms with Crippen molar-refractivity contribution in [2.24, 2.45) is 0 Å². The second-order valence-electron chi connectivity index (χ2n) is 7.30. The lowest BCUT2D eigenvalue weighted by Crippen LogP contribution is -2.24. The van der Waals surface area contributed by atoms with Crippen molar-refractivity contribution in [2.45, 2.75) is 17.2 Å². The normalized spacial score (nSPS) is 17.1. The summed E-state index contributed by atoms with van der Waals surface area (Å²) in [6, 6.07) is 17.8. The van der Waals surface area contributed by atoms with Gasteiger partial charge < -0.3 is 15.4 Å². The third kappa shape index (κ3) is 4.56. The van der Waals surface area contributed by atoms with Crippen molar-refractivity contribution >= 4 is 51.3 Å². The highest BCUT2D eigenvalue weighted by atomic mass is 35.5. The molecule has 1 heterocycles. The molecule has 31 heavy (non-hydrogen) atoms. The lowest BCUT2D eigenvalue weighted by atomic mass is 9.98. The van der Waals surface area contributed by atoms with Crippen LogP contribution in [0.15, 0.2) is 65.6 Å². The second kappa shape index (κ2) is 8.91. The number of halogens is 2. The molecule has 3 aromatic carbocycles. The minimum absolute atomic E-state index is 0.0179. The van der Waals surface area contributed by atoms with E-state index in [1.54, 1.807) is 47.6 Å². The molecule has 0 bridgehead atoms. The van der Waals surface area contributed by atoms with Gasteiger partial charge in [-0.25, -0.2) is 0 Å². The summed E-state index contributed by atoms with van der Waals surface area (Å²) in [5, 5.41) is 0.813. The fraction of sp³-hybridized carbons (Fsp3) is 0.174. The first-order valence-corrected chi connectivity index (χ1v) is 11.9. The topological polar surface area (TPSA) is 72.6 Å². The summed E-state index contributed by atoms with van der Waals surface area (Å²) in [4.78, 5) is 15.2. The lowest BCUT2D eigenvalue weighted by molar-refractivity contribution is -0.117. The Balaban J connectivity index is 1.57. The van der Waals surface area contributed by atoms with Crippen LogP contribution in [0.1, 0.15) is 17.9 Å². The highest BCUT2D eigenvalue weighted by Crippen LogP contribution is 2.40. The van der Waals surface area contributed by atoms with Gasteiger partial charge in [-0.15, -0.1) is 0 Å². The highest BCUT2D eigenvalue weighted by Gasteiger charge is 2.32. The Labute approximate surface area is 193 Å². The molecule has 0 radical (unpaired) electrons. The van der Waals surface area contributed by atoms with Crippen molar-refractivity contribution in [2.75, 3.05) is 23.4 Å². The van der Waals surface area contributed by atoms with E-state index < -0.39 is 10.8 Å². The fourth-order valence-electron chi connectivity index (χ4n) is 3.59. The van der Waals surface area contributed by atoms with Crippen molar-refractivity contribution in [3.8, 4) is 11.5 Å². The number of benzene rings is 3. The summed E-state index contributed by atoms with van der Waals surface area (Å²) in [7, 11) is -1.06. The predicted molar refractivity (Wildman–Crippen MR) is 126 cm³/mol. The molecule has 0 aromatic heterocycles. The SMILES string of the molecule is CS(=O)c1ccc(N2C[C@@H](c3ccc(Cl)c(Oc4c(N)cccc4Cl)c3)CC2=O)cc1. The molecular formula is C23H20Cl2N2O3S. The Bertz CT molecular complexity index is 1150. The largest absolute Gasteiger partial charge is 0.452 e. The number of ether oxygens (including phenoxy) is 1. The van der Waals surface area contributed by atoms with E-state index >= 15 is 0 Å². The zero-order chi connectivity index (χ0) is 22.1. The Morgan fingerprint density at radius 1 is 1.06 bits per heavy atom. The number of amides is 1. The predicted octanol–water partition coefficient (Wildman–Crippen LogP) is 5.63. The molecule has 2 atom stereocenters. The van der Waals surface area contributed by atoms with Crippen LogP contribution in [-0.4, -0.2) is 22.9 Å². The summed E-state index contributed by atoms with van der Waals surface area (Å²) < 4.78 is 17.5. The average Bonchev–Trinajstić information content (AvgIpc) is 3.13. The molecule has 0 spiro atoms. The first-order chi connectivity index (χ1) is 14.8. The van der Waals surface area contributed by atoms with Crippen molar-refractivity contribution in [1.29, 1.82) is 0 Å². The molecule has 2 N–H and O–H groups in total. The smallest absolute Gasteiger partial charge is 0.227 e. The van der Waals surface area contributed by atoms with E-state index in [4.69, 9.17) is 33.7 Å². The van der Waals surface area contributed by atoms with Crippen LogP contribution >= 0.6 is 23.2 Å². The third-order valence-corrected chi connectivity index (χ3v) is 6.79. The van der Waals surface area contributed by atoms with Gasteiger partial charge in [-0.05, 0) is 54.1 Å². The maximum atomic E-state index is 12.7. The Hall–Kier alpha value is -2.54. The molecule has 4 rings (SSSR count). The number of nitrogen functional groups attached to an aromatic ring is 1. The quantitative estimate of drug-likeness (QED) is 0.486. The highest BCUT2D eigenvalue weighted by molar-refractivity contribution is 7.84. The molecule has 1 aliphatic heterocycles. The Kier molecular flexibility index (Phi) is 6.23. The minimum atomic E-state index is -1.06. The molecule has 160 valence electrons. The van der Waals surface area contributed by atoms with Gasteiger partial charge in [-0.1, -0.05) is 35.3 Å². The first-order valence-electron chi connectivity index (χ1n) is 9.58. The number of rotatable bonds is 5. The van der Waals surface area contributed by atoms with Crippen LogP contribution in [0.2, 0.25) is 10.0 Å². The van der Waals surface area contributed by atoms with E-state index in [0.717, 1.165) is 16.1 Å². The summed E-state index contributed by atoms with van der Waals surface area (Å²) in [5.41, 5.74) is 8.12. The molecule has 1 saturated heterocycles. The molecule has 5 nitrogen and oxygen atoms in total. The van der Waals surface area contributed by atoms with E-state index in [2.05, 4.69) is 0 Å². The molecule has 3 aromatic rings. The fourth-order valence-corrected chi connectivity index (χ4v) is 4.49. The van der Waals surface area contributed by atoms with E-state index in [1.807, 2.05) is 24.3 Å². The maximum Gasteiger partial charge on any atom is 0.227 e. The van der Waals surface area contributed by atoms with Crippen LogP contribution in [-0.2, 0) is 15.6 Å². The van der Waals surface area contributed by atoms with E-state index in [9.17, 15) is 9.00 Å². The summed E-state index contributed by atoms with van der Waals surface area (Å²) in [6.45, 7) is 0.530. The Morgan fingerprint density at radius 3 is 2.48 bits per heavy atom. The standard InChI is InChI=1S/C23H20Cl2N2O3S/c1-31(29)17-8-6-16(7-9-17)27-13-15(12-22(27)28)14-5-10-18(24)21(11-14)30-23-19(25)3-2-4-20(23)26/h2-11,15H,12-13,26H2,1H3/t15-,31?/m0/s1. The van der Waals surface area contributed by atoms with Gasteiger partial charge in [-0.2, -0.15) is 0 Å². The molecule has 1 unspecified atom stereocenters. The van der Waals surface area contributed by atoms with Crippen LogP contribution in [0.3, 0.4) is 0 Å². The molecule has 1 fully saturated rings. The minimum Gasteiger partial charge on any atom is -0.452 e. The molecular weight excluding hydrogens is 455 g/mol. The van der Waals surface area contributed by atoms with Crippen LogP contribution in [0.4, 0.5) is 11.4 Å². The average molecular weight is 475 g/mol. The molecule has 1 aliphatic rings. The van der Waals surface area contributed by atoms with E-state index in [0.29, 0.717) is 40.2 Å². The van der Waals surface area contributed by atoms with E-state index in [1.165, 1.54) is 0 Å². The van der Waals surface area contributed by atoms with Crippen molar-refractivity contribution in [3.63, 3.8) is 0 Å². The van der Waals surface area contributed by atoms with Crippen LogP contribution < -0.4 is 15.4 Å². The summed E-state index contributed by atoms with van der Waals surface area (Å²) in [6.07, 6.45) is 2.00. The monoisotopic (exact) mass is 474 g/mol. The van der Waals surface area contributed by atoms with Gasteiger partial charge in [0.15, 0.2) is 5.75 Å². The van der Waals surface area contributed by atoms with Gasteiger partial charge in [-0.3, -0.25) is 9.00 Å². The number of para-hydroxylation sites is 1. The number of carbonyl (C=O) groups is 1. The molecule has 1 amide bonds. The number of hydrogen-bond acceptors (Lipinski definition) is 4. The van der Waals surface area contributed by atoms with Crippen LogP contribution in [0, 0.1) is 0 Å². The van der Waals surface area contributed by atoms with Gasteiger partial charge in [0, 0.05) is 46.5 Å². The summed E-state index contributed by atoms with van der Waals surface area (Å²) >= 11 is 12.6. The number of anilines is 2. The molecule has 0 saturated carbocycles. The van der Waals surface area contributed by atoms with Gasteiger partial charge in [0.1, 0.15) is 5.75 Å². The molecule has 8 heteroatoms. The Morgan fingerprint density at radius 2 is 1.81 bits per heavy atom. The summed E-state index contributed by atoms with van der Waals surface area (Å²) in [5.74, 6) is 0.791. The van der Waals surface area contributed by atoms with Crippen molar-refractivity contribution in [1.82, 2.24) is 0 Å². The van der Waals surface area contributed by atoms with Crippen LogP contribution in [0.5, 0.6) is 11.5 Å². The zero-order valence-electron chi connectivity index (χ0n) is 16.7. The maximum absolute atomic E-state index is 12.7. The number of carbonyl (C=O) groups excluding carboxylic acids is 1. The zero-order valence-corrected chi connectivity index (χ0v) is 19.0. The van der Waals surface area contributed by atoms with Crippen LogP contribution in [0.25, 0.3) is 0 Å². The number of nitrogens with two attached hydrogens (primary N) is 1. The van der Waals surface area contributed by atoms with Gasteiger partial charge >= 0.3 is 0 Å². The van der Waals surface area contributed by atoms with Crippen molar-refractivity contribution in [3.05, 3.63) is 76.3 Å². The molecule has 0 aliphatic carbocycles. The second-order valence-corrected chi connectivity index (χ2v) is 9.50. The van der Waals surface area contributed by atoms with E-state index in [-0.39, 0.29) is 11.8 Å². The third-order valence-electron chi connectivity index (χ3n) is 5.24. The lowest BCUT2D eigenvalue weighted by Gasteiger charge is -2.18. The number of nitrogens with zero attached hydrogens (tertiary/aromatic N) is 1. The van der Waals surface area contributed by atoms with Gasteiger partial charge in [0.05, 0.1) is 15.7 Å².